The average Bonchev–Trinajstić information content (AvgIpc) is 3.05. The first-order valence-corrected chi connectivity index (χ1v) is 9.76. The lowest BCUT2D eigenvalue weighted by Crippen LogP contribution is -2.39. The Morgan fingerprint density at radius 2 is 2.04 bits per heavy atom. The number of rotatable bonds is 7. The molecule has 2 aromatic rings. The quantitative estimate of drug-likeness (QED) is 0.319. The highest BCUT2D eigenvalue weighted by atomic mass is 127. The van der Waals surface area contributed by atoms with Gasteiger partial charge in [-0.15, -0.1) is 24.0 Å². The lowest BCUT2D eigenvalue weighted by Gasteiger charge is -2.25. The van der Waals surface area contributed by atoms with Gasteiger partial charge in [0.1, 0.15) is 5.82 Å². The summed E-state index contributed by atoms with van der Waals surface area (Å²) in [5.41, 5.74) is 2.10. The molecule has 3 rings (SSSR count). The Morgan fingerprint density at radius 3 is 2.81 bits per heavy atom. The number of aliphatic imine (C=N–C) groups is 1. The summed E-state index contributed by atoms with van der Waals surface area (Å²) >= 11 is 0. The van der Waals surface area contributed by atoms with Gasteiger partial charge in [-0.3, -0.25) is 4.99 Å². The molecular weight excluding hydrogens is 456 g/mol. The first-order valence-electron chi connectivity index (χ1n) is 9.76. The molecule has 0 aliphatic carbocycles. The first kappa shape index (κ1) is 21.9. The van der Waals surface area contributed by atoms with Crippen LogP contribution in [0.2, 0.25) is 0 Å². The standard InChI is InChI=1S/C20H30FN5.HI/c1-2-22-20(24-10-13-26-11-4-3-5-12-26)23-9-8-16-15-25-19-7-6-17(21)14-18(16)19;/h6-7,14-15,25H,2-5,8-13H2,1H3,(H2,22,23,24);1H. The molecular formula is C20H31FIN5. The second kappa shape index (κ2) is 11.5. The number of fused-ring (bicyclic) bond motifs is 1. The highest BCUT2D eigenvalue weighted by Gasteiger charge is 2.09. The number of benzene rings is 1. The van der Waals surface area contributed by atoms with Gasteiger partial charge in [-0.1, -0.05) is 6.42 Å². The molecule has 1 aliphatic heterocycles. The van der Waals surface area contributed by atoms with Gasteiger partial charge >= 0.3 is 0 Å². The summed E-state index contributed by atoms with van der Waals surface area (Å²) in [5, 5.41) is 7.65. The topological polar surface area (TPSA) is 55.5 Å². The van der Waals surface area contributed by atoms with E-state index >= 15 is 0 Å². The lowest BCUT2D eigenvalue weighted by molar-refractivity contribution is 0.235. The van der Waals surface area contributed by atoms with Crippen LogP contribution in [-0.4, -0.2) is 55.1 Å². The predicted octanol–water partition coefficient (Wildman–Crippen LogP) is 3.51. The number of H-pyrrole nitrogens is 1. The van der Waals surface area contributed by atoms with Crippen molar-refractivity contribution in [3.8, 4) is 0 Å². The van der Waals surface area contributed by atoms with Crippen molar-refractivity contribution >= 4 is 40.8 Å². The third kappa shape index (κ3) is 6.64. The maximum Gasteiger partial charge on any atom is 0.191 e. The molecule has 7 heteroatoms. The van der Waals surface area contributed by atoms with Gasteiger partial charge in [0.25, 0.3) is 0 Å². The zero-order valence-electron chi connectivity index (χ0n) is 16.1. The molecule has 1 aliphatic rings. The second-order valence-electron chi connectivity index (χ2n) is 6.84. The molecule has 1 aromatic heterocycles. The molecule has 27 heavy (non-hydrogen) atoms. The van der Waals surface area contributed by atoms with Gasteiger partial charge in [-0.2, -0.15) is 0 Å². The molecule has 0 amide bonds. The van der Waals surface area contributed by atoms with Crippen molar-refractivity contribution in [1.82, 2.24) is 20.5 Å². The molecule has 0 spiro atoms. The van der Waals surface area contributed by atoms with Crippen molar-refractivity contribution in [1.29, 1.82) is 0 Å². The van der Waals surface area contributed by atoms with E-state index in [2.05, 4.69) is 32.4 Å². The zero-order chi connectivity index (χ0) is 18.2. The van der Waals surface area contributed by atoms with Crippen molar-refractivity contribution in [2.45, 2.75) is 32.6 Å². The fourth-order valence-electron chi connectivity index (χ4n) is 3.50. The Morgan fingerprint density at radius 1 is 1.22 bits per heavy atom. The normalized spacial score (nSPS) is 15.6. The Kier molecular flexibility index (Phi) is 9.33. The van der Waals surface area contributed by atoms with E-state index in [9.17, 15) is 4.39 Å². The van der Waals surface area contributed by atoms with Gasteiger partial charge in [0.15, 0.2) is 5.96 Å². The minimum Gasteiger partial charge on any atom is -0.361 e. The SMILES string of the molecule is CCNC(=NCCN1CCCCC1)NCCc1c[nH]c2ccc(F)cc12.I. The van der Waals surface area contributed by atoms with Crippen LogP contribution >= 0.6 is 24.0 Å². The summed E-state index contributed by atoms with van der Waals surface area (Å²) in [7, 11) is 0. The van der Waals surface area contributed by atoms with Crippen LogP contribution in [0, 0.1) is 5.82 Å². The van der Waals surface area contributed by atoms with Crippen molar-refractivity contribution in [2.24, 2.45) is 4.99 Å². The average molecular weight is 487 g/mol. The van der Waals surface area contributed by atoms with Crippen molar-refractivity contribution < 1.29 is 4.39 Å². The number of guanidine groups is 1. The maximum absolute atomic E-state index is 13.5. The monoisotopic (exact) mass is 487 g/mol. The van der Waals surface area contributed by atoms with Crippen molar-refractivity contribution in [2.75, 3.05) is 39.3 Å². The van der Waals surface area contributed by atoms with E-state index in [1.807, 2.05) is 6.20 Å². The largest absolute Gasteiger partial charge is 0.361 e. The zero-order valence-corrected chi connectivity index (χ0v) is 18.4. The number of likely N-dealkylation sites (tertiary alicyclic amines) is 1. The van der Waals surface area contributed by atoms with Gasteiger partial charge in [0.2, 0.25) is 0 Å². The van der Waals surface area contributed by atoms with Gasteiger partial charge < -0.3 is 20.5 Å². The second-order valence-corrected chi connectivity index (χ2v) is 6.84. The van der Waals surface area contributed by atoms with Crippen LogP contribution in [0.4, 0.5) is 4.39 Å². The predicted molar refractivity (Wildman–Crippen MR) is 122 cm³/mol. The number of hydrogen-bond acceptors (Lipinski definition) is 2. The summed E-state index contributed by atoms with van der Waals surface area (Å²) in [6.07, 6.45) is 6.77. The highest BCUT2D eigenvalue weighted by molar-refractivity contribution is 14.0. The van der Waals surface area contributed by atoms with Gasteiger partial charge in [-0.05, 0) is 63.0 Å². The van der Waals surface area contributed by atoms with E-state index in [4.69, 9.17) is 0 Å². The maximum atomic E-state index is 13.5. The van der Waals surface area contributed by atoms with Crippen LogP contribution in [0.5, 0.6) is 0 Å². The van der Waals surface area contributed by atoms with E-state index in [0.29, 0.717) is 0 Å². The minimum absolute atomic E-state index is 0. The summed E-state index contributed by atoms with van der Waals surface area (Å²) in [6.45, 7) is 7.93. The minimum atomic E-state index is -0.195. The van der Waals surface area contributed by atoms with Crippen molar-refractivity contribution in [3.05, 3.63) is 35.8 Å². The molecule has 1 fully saturated rings. The fraction of sp³-hybridized carbons (Fsp3) is 0.550. The molecule has 1 saturated heterocycles. The highest BCUT2D eigenvalue weighted by Crippen LogP contribution is 2.19. The van der Waals surface area contributed by atoms with E-state index in [1.54, 1.807) is 12.1 Å². The lowest BCUT2D eigenvalue weighted by atomic mass is 10.1. The molecule has 0 radical (unpaired) electrons. The Bertz CT molecular complexity index is 724. The van der Waals surface area contributed by atoms with E-state index in [-0.39, 0.29) is 29.8 Å². The van der Waals surface area contributed by atoms with Crippen LogP contribution in [-0.2, 0) is 6.42 Å². The molecule has 3 N–H and O–H groups in total. The Hall–Kier alpha value is -1.35. The molecule has 0 saturated carbocycles. The number of hydrogen-bond donors (Lipinski definition) is 3. The smallest absolute Gasteiger partial charge is 0.191 e. The molecule has 1 aromatic carbocycles. The van der Waals surface area contributed by atoms with Crippen LogP contribution < -0.4 is 10.6 Å². The van der Waals surface area contributed by atoms with Crippen LogP contribution in [0.25, 0.3) is 10.9 Å². The fourth-order valence-corrected chi connectivity index (χ4v) is 3.50. The van der Waals surface area contributed by atoms with E-state index < -0.39 is 0 Å². The summed E-state index contributed by atoms with van der Waals surface area (Å²) in [6, 6.07) is 4.87. The molecule has 0 unspecified atom stereocenters. The van der Waals surface area contributed by atoms with Gasteiger partial charge in [-0.25, -0.2) is 4.39 Å². The summed E-state index contributed by atoms with van der Waals surface area (Å²) in [5.74, 6) is 0.662. The molecule has 150 valence electrons. The third-order valence-electron chi connectivity index (χ3n) is 4.90. The first-order chi connectivity index (χ1) is 12.8. The van der Waals surface area contributed by atoms with E-state index in [1.165, 1.54) is 38.4 Å². The number of halogens is 2. The number of piperidine rings is 1. The number of nitrogens with one attached hydrogen (secondary N) is 3. The van der Waals surface area contributed by atoms with Crippen LogP contribution in [0.3, 0.4) is 0 Å². The molecule has 0 atom stereocenters. The Balaban J connectivity index is 0.00000261. The number of nitrogens with zero attached hydrogens (tertiary/aromatic N) is 2. The summed E-state index contributed by atoms with van der Waals surface area (Å²) in [4.78, 5) is 10.4. The summed E-state index contributed by atoms with van der Waals surface area (Å²) < 4.78 is 13.5. The molecule has 5 nitrogen and oxygen atoms in total. The Labute approximate surface area is 178 Å². The number of aromatic amines is 1. The van der Waals surface area contributed by atoms with E-state index in [0.717, 1.165) is 55.0 Å². The molecule has 2 heterocycles. The molecule has 0 bridgehead atoms. The van der Waals surface area contributed by atoms with Crippen molar-refractivity contribution in [3.63, 3.8) is 0 Å². The number of aromatic nitrogens is 1. The van der Waals surface area contributed by atoms with Gasteiger partial charge in [0, 0.05) is 36.7 Å². The van der Waals surface area contributed by atoms with Crippen LogP contribution in [0.1, 0.15) is 31.7 Å². The van der Waals surface area contributed by atoms with Crippen LogP contribution in [0.15, 0.2) is 29.4 Å². The van der Waals surface area contributed by atoms with Gasteiger partial charge in [0.05, 0.1) is 6.54 Å². The third-order valence-corrected chi connectivity index (χ3v) is 4.90.